The van der Waals surface area contributed by atoms with Gasteiger partial charge >= 0.3 is 0 Å². The fourth-order valence-electron chi connectivity index (χ4n) is 4.40. The van der Waals surface area contributed by atoms with E-state index in [1.807, 2.05) is 18.2 Å². The molecular formula is C26H33N3O. The Morgan fingerprint density at radius 2 is 1.73 bits per heavy atom. The topological polar surface area (TPSA) is 46.9 Å². The van der Waals surface area contributed by atoms with E-state index >= 15 is 0 Å². The van der Waals surface area contributed by atoms with Crippen LogP contribution in [0, 0.1) is 5.92 Å². The van der Waals surface area contributed by atoms with E-state index in [9.17, 15) is 4.79 Å². The number of imidazole rings is 1. The second kappa shape index (κ2) is 8.63. The van der Waals surface area contributed by atoms with E-state index in [-0.39, 0.29) is 17.2 Å². The first kappa shape index (κ1) is 20.6. The number of aromatic nitrogens is 2. The Morgan fingerprint density at radius 3 is 2.43 bits per heavy atom. The van der Waals surface area contributed by atoms with E-state index in [0.717, 1.165) is 36.2 Å². The quantitative estimate of drug-likeness (QED) is 0.605. The van der Waals surface area contributed by atoms with Crippen LogP contribution in [-0.4, -0.2) is 15.5 Å². The van der Waals surface area contributed by atoms with Crippen molar-refractivity contribution >= 4 is 16.9 Å². The molecule has 1 heterocycles. The summed E-state index contributed by atoms with van der Waals surface area (Å²) in [5.41, 5.74) is 4.81. The van der Waals surface area contributed by atoms with Crippen LogP contribution in [0.2, 0.25) is 0 Å². The number of nitrogens with one attached hydrogen (secondary N) is 1. The average molecular weight is 404 g/mol. The molecule has 1 N–H and O–H groups in total. The molecule has 158 valence electrons. The highest BCUT2D eigenvalue weighted by atomic mass is 16.1. The lowest BCUT2D eigenvalue weighted by Gasteiger charge is -2.21. The highest BCUT2D eigenvalue weighted by molar-refractivity contribution is 5.79. The second-order valence-corrected chi connectivity index (χ2v) is 9.60. The Labute approximate surface area is 179 Å². The van der Waals surface area contributed by atoms with Crippen molar-refractivity contribution in [1.29, 1.82) is 0 Å². The molecule has 0 radical (unpaired) electrons. The molecule has 0 unspecified atom stereocenters. The van der Waals surface area contributed by atoms with E-state index in [2.05, 4.69) is 61.0 Å². The predicted octanol–water partition coefficient (Wildman–Crippen LogP) is 5.58. The van der Waals surface area contributed by atoms with Gasteiger partial charge in [-0.05, 0) is 41.5 Å². The van der Waals surface area contributed by atoms with Crippen molar-refractivity contribution in [1.82, 2.24) is 14.9 Å². The number of hydrogen-bond donors (Lipinski definition) is 1. The van der Waals surface area contributed by atoms with Crippen molar-refractivity contribution in [3.8, 4) is 0 Å². The number of carbonyl (C=O) groups excluding carboxylic acids is 1. The number of carbonyl (C=O) groups is 1. The van der Waals surface area contributed by atoms with E-state index < -0.39 is 0 Å². The molecule has 30 heavy (non-hydrogen) atoms. The smallest absolute Gasteiger partial charge is 0.223 e. The Bertz CT molecular complexity index is 1000. The van der Waals surface area contributed by atoms with Crippen LogP contribution in [0.3, 0.4) is 0 Å². The molecule has 1 aliphatic rings. The highest BCUT2D eigenvalue weighted by Crippen LogP contribution is 2.25. The summed E-state index contributed by atoms with van der Waals surface area (Å²) in [6, 6.07) is 17.1. The first-order valence-corrected chi connectivity index (χ1v) is 11.2. The fraction of sp³-hybridized carbons (Fsp3) is 0.462. The molecule has 1 amide bonds. The summed E-state index contributed by atoms with van der Waals surface area (Å²) in [7, 11) is 0. The fourth-order valence-corrected chi connectivity index (χ4v) is 4.40. The van der Waals surface area contributed by atoms with Crippen LogP contribution in [0.15, 0.2) is 48.5 Å². The number of amides is 1. The summed E-state index contributed by atoms with van der Waals surface area (Å²) in [6.07, 6.45) is 5.63. The zero-order valence-corrected chi connectivity index (χ0v) is 18.4. The summed E-state index contributed by atoms with van der Waals surface area (Å²) in [4.78, 5) is 17.5. The maximum atomic E-state index is 12.6. The molecule has 4 nitrogen and oxygen atoms in total. The maximum absolute atomic E-state index is 12.6. The second-order valence-electron chi connectivity index (χ2n) is 9.60. The van der Waals surface area contributed by atoms with Crippen molar-refractivity contribution in [2.24, 2.45) is 5.92 Å². The summed E-state index contributed by atoms with van der Waals surface area (Å²) >= 11 is 0. The number of rotatable bonds is 5. The average Bonchev–Trinajstić information content (AvgIpc) is 3.10. The summed E-state index contributed by atoms with van der Waals surface area (Å²) in [5.74, 6) is 1.27. The van der Waals surface area contributed by atoms with Crippen LogP contribution < -0.4 is 5.32 Å². The Kier molecular flexibility index (Phi) is 5.94. The van der Waals surface area contributed by atoms with Gasteiger partial charge in [0, 0.05) is 12.5 Å². The van der Waals surface area contributed by atoms with E-state index in [1.54, 1.807) is 0 Å². The maximum Gasteiger partial charge on any atom is 0.223 e. The largest absolute Gasteiger partial charge is 0.349 e. The number of hydrogen-bond acceptors (Lipinski definition) is 2. The van der Waals surface area contributed by atoms with Gasteiger partial charge in [0.1, 0.15) is 5.82 Å². The van der Waals surface area contributed by atoms with Gasteiger partial charge in [0.05, 0.1) is 17.6 Å². The first-order valence-electron chi connectivity index (χ1n) is 11.2. The van der Waals surface area contributed by atoms with Gasteiger partial charge < -0.3 is 9.88 Å². The van der Waals surface area contributed by atoms with Gasteiger partial charge in [-0.15, -0.1) is 0 Å². The molecule has 1 aliphatic carbocycles. The minimum atomic E-state index is 0.148. The van der Waals surface area contributed by atoms with Gasteiger partial charge in [-0.25, -0.2) is 4.98 Å². The van der Waals surface area contributed by atoms with E-state index in [0.29, 0.717) is 6.54 Å². The molecular weight excluding hydrogens is 370 g/mol. The molecule has 2 aromatic carbocycles. The molecule has 0 aliphatic heterocycles. The molecule has 4 heteroatoms. The molecule has 1 fully saturated rings. The Balaban J connectivity index is 1.55. The van der Waals surface area contributed by atoms with Crippen LogP contribution in [0.5, 0.6) is 0 Å². The Hall–Kier alpha value is -2.62. The number of fused-ring (bicyclic) bond motifs is 1. The zero-order valence-electron chi connectivity index (χ0n) is 18.4. The zero-order chi connectivity index (χ0) is 21.1. The third-order valence-electron chi connectivity index (χ3n) is 6.29. The summed E-state index contributed by atoms with van der Waals surface area (Å²) in [5, 5.41) is 3.16. The van der Waals surface area contributed by atoms with Crippen LogP contribution in [0.4, 0.5) is 0 Å². The molecule has 0 bridgehead atoms. The lowest BCUT2D eigenvalue weighted by molar-refractivity contribution is -0.126. The van der Waals surface area contributed by atoms with Crippen molar-refractivity contribution < 1.29 is 4.79 Å². The lowest BCUT2D eigenvalue weighted by atomic mass is 9.87. The Morgan fingerprint density at radius 1 is 1.03 bits per heavy atom. The van der Waals surface area contributed by atoms with Gasteiger partial charge in [-0.3, -0.25) is 4.79 Å². The lowest BCUT2D eigenvalue weighted by Crippen LogP contribution is -2.32. The van der Waals surface area contributed by atoms with Crippen molar-refractivity contribution in [3.05, 3.63) is 65.5 Å². The minimum Gasteiger partial charge on any atom is -0.349 e. The molecule has 0 saturated heterocycles. The molecule has 0 atom stereocenters. The van der Waals surface area contributed by atoms with Gasteiger partial charge in [-0.2, -0.15) is 0 Å². The van der Waals surface area contributed by atoms with Crippen molar-refractivity contribution in [2.45, 2.75) is 71.4 Å². The van der Waals surface area contributed by atoms with E-state index in [1.165, 1.54) is 30.4 Å². The first-order chi connectivity index (χ1) is 14.4. The van der Waals surface area contributed by atoms with Gasteiger partial charge in [0.2, 0.25) is 5.91 Å². The highest BCUT2D eigenvalue weighted by Gasteiger charge is 2.21. The molecule has 1 saturated carbocycles. The monoisotopic (exact) mass is 403 g/mol. The van der Waals surface area contributed by atoms with Crippen molar-refractivity contribution in [3.63, 3.8) is 0 Å². The van der Waals surface area contributed by atoms with Crippen LogP contribution in [0.1, 0.15) is 69.8 Å². The van der Waals surface area contributed by atoms with Crippen LogP contribution in [0.25, 0.3) is 11.0 Å². The number of para-hydroxylation sites is 2. The van der Waals surface area contributed by atoms with Gasteiger partial charge in [0.15, 0.2) is 0 Å². The normalized spacial score (nSPS) is 15.4. The van der Waals surface area contributed by atoms with Crippen LogP contribution >= 0.6 is 0 Å². The molecule has 0 spiro atoms. The number of benzene rings is 2. The number of nitrogens with zero attached hydrogens (tertiary/aromatic N) is 2. The summed E-state index contributed by atoms with van der Waals surface area (Å²) < 4.78 is 2.24. The van der Waals surface area contributed by atoms with Crippen molar-refractivity contribution in [2.75, 3.05) is 0 Å². The third kappa shape index (κ3) is 4.58. The standard InChI is InChI=1S/C26H33N3O/c1-26(2,3)21-15-13-19(14-16-21)18-29-23-12-8-7-11-22(23)28-24(29)17-27-25(30)20-9-5-4-6-10-20/h7-8,11-16,20H,4-6,9-10,17-18H2,1-3H3,(H,27,30). The molecule has 1 aromatic heterocycles. The molecule has 3 aromatic rings. The third-order valence-corrected chi connectivity index (χ3v) is 6.29. The van der Waals surface area contributed by atoms with Crippen LogP contribution in [-0.2, 0) is 23.3 Å². The predicted molar refractivity (Wildman–Crippen MR) is 122 cm³/mol. The minimum absolute atomic E-state index is 0.148. The molecule has 4 rings (SSSR count). The SMILES string of the molecule is CC(C)(C)c1ccc(Cn2c(CNC(=O)C3CCCCC3)nc3ccccc32)cc1. The van der Waals surface area contributed by atoms with E-state index in [4.69, 9.17) is 4.98 Å². The van der Waals surface area contributed by atoms with Gasteiger partial charge in [0.25, 0.3) is 0 Å². The summed E-state index contributed by atoms with van der Waals surface area (Å²) in [6.45, 7) is 7.93. The van der Waals surface area contributed by atoms with Gasteiger partial charge in [-0.1, -0.05) is 76.4 Å².